The van der Waals surface area contributed by atoms with Crippen molar-refractivity contribution in [1.29, 1.82) is 0 Å². The molecule has 0 aliphatic carbocycles. The Kier molecular flexibility index (Phi) is 14.6. The second kappa shape index (κ2) is 16.8. The number of benzene rings is 1. The SMILES string of the molecule is CCCCCCCCOC(=O)CCCCCCCCC(=O)Oc1cc(F)cc(F)c1. The van der Waals surface area contributed by atoms with Gasteiger partial charge in [-0.25, -0.2) is 8.78 Å². The fraction of sp³-hybridized carbons (Fsp3) is 0.667. The van der Waals surface area contributed by atoms with Crippen LogP contribution in [0.2, 0.25) is 0 Å². The molecular weight excluding hydrogens is 390 g/mol. The molecule has 0 atom stereocenters. The summed E-state index contributed by atoms with van der Waals surface area (Å²) in [6, 6.07) is 2.70. The van der Waals surface area contributed by atoms with Crippen LogP contribution in [0.15, 0.2) is 18.2 Å². The number of carbonyl (C=O) groups excluding carboxylic acids is 2. The lowest BCUT2D eigenvalue weighted by Crippen LogP contribution is -2.08. The van der Waals surface area contributed by atoms with Gasteiger partial charge in [-0.05, 0) is 19.3 Å². The molecule has 6 heteroatoms. The van der Waals surface area contributed by atoms with E-state index in [9.17, 15) is 18.4 Å². The molecule has 0 bridgehead atoms. The van der Waals surface area contributed by atoms with E-state index in [0.29, 0.717) is 19.4 Å². The zero-order valence-corrected chi connectivity index (χ0v) is 18.2. The van der Waals surface area contributed by atoms with Crippen LogP contribution < -0.4 is 4.74 Å². The second-order valence-corrected chi connectivity index (χ2v) is 7.69. The van der Waals surface area contributed by atoms with Crippen molar-refractivity contribution in [3.05, 3.63) is 29.8 Å². The third-order valence-corrected chi connectivity index (χ3v) is 4.84. The number of carbonyl (C=O) groups is 2. The summed E-state index contributed by atoms with van der Waals surface area (Å²) in [5.41, 5.74) is 0. The normalized spacial score (nSPS) is 10.8. The largest absolute Gasteiger partial charge is 0.466 e. The molecule has 0 aliphatic heterocycles. The van der Waals surface area contributed by atoms with E-state index in [2.05, 4.69) is 6.92 Å². The van der Waals surface area contributed by atoms with Crippen molar-refractivity contribution in [2.75, 3.05) is 6.61 Å². The van der Waals surface area contributed by atoms with E-state index in [-0.39, 0.29) is 18.1 Å². The van der Waals surface area contributed by atoms with Gasteiger partial charge in [-0.1, -0.05) is 64.7 Å². The molecule has 0 aliphatic rings. The first kappa shape index (κ1) is 26.1. The Balaban J connectivity index is 1.92. The van der Waals surface area contributed by atoms with Crippen molar-refractivity contribution in [3.63, 3.8) is 0 Å². The van der Waals surface area contributed by atoms with Crippen LogP contribution in [0, 0.1) is 11.6 Å². The molecule has 4 nitrogen and oxygen atoms in total. The van der Waals surface area contributed by atoms with E-state index >= 15 is 0 Å². The number of rotatable bonds is 17. The number of esters is 2. The Labute approximate surface area is 179 Å². The van der Waals surface area contributed by atoms with Crippen LogP contribution in [0.1, 0.15) is 96.8 Å². The van der Waals surface area contributed by atoms with E-state index in [1.54, 1.807) is 0 Å². The number of hydrogen-bond donors (Lipinski definition) is 0. The third kappa shape index (κ3) is 14.1. The molecule has 0 N–H and O–H groups in total. The summed E-state index contributed by atoms with van der Waals surface area (Å²) in [5.74, 6) is -2.26. The zero-order chi connectivity index (χ0) is 22.0. The van der Waals surface area contributed by atoms with Gasteiger partial charge in [-0.2, -0.15) is 0 Å². The highest BCUT2D eigenvalue weighted by Gasteiger charge is 2.08. The molecule has 0 aromatic heterocycles. The maximum Gasteiger partial charge on any atom is 0.311 e. The topological polar surface area (TPSA) is 52.6 Å². The van der Waals surface area contributed by atoms with Crippen molar-refractivity contribution in [2.45, 2.75) is 96.8 Å². The monoisotopic (exact) mass is 426 g/mol. The van der Waals surface area contributed by atoms with Crippen LogP contribution in [0.25, 0.3) is 0 Å². The van der Waals surface area contributed by atoms with Gasteiger partial charge in [0.1, 0.15) is 17.4 Å². The van der Waals surface area contributed by atoms with Crippen molar-refractivity contribution in [2.24, 2.45) is 0 Å². The first-order valence-electron chi connectivity index (χ1n) is 11.3. The quantitative estimate of drug-likeness (QED) is 0.154. The van der Waals surface area contributed by atoms with Crippen LogP contribution in [-0.2, 0) is 14.3 Å². The van der Waals surface area contributed by atoms with Crippen molar-refractivity contribution >= 4 is 11.9 Å². The summed E-state index contributed by atoms with van der Waals surface area (Å²) in [7, 11) is 0. The molecule has 0 saturated heterocycles. The van der Waals surface area contributed by atoms with Gasteiger partial charge < -0.3 is 9.47 Å². The molecular formula is C24H36F2O4. The lowest BCUT2D eigenvalue weighted by atomic mass is 10.1. The molecule has 0 spiro atoms. The number of hydrogen-bond acceptors (Lipinski definition) is 4. The predicted molar refractivity (Wildman–Crippen MR) is 113 cm³/mol. The minimum atomic E-state index is -0.774. The van der Waals surface area contributed by atoms with Gasteiger partial charge >= 0.3 is 11.9 Å². The fourth-order valence-corrected chi connectivity index (χ4v) is 3.16. The Hall–Kier alpha value is -1.98. The van der Waals surface area contributed by atoms with Gasteiger partial charge in [0.25, 0.3) is 0 Å². The molecule has 0 amide bonds. The van der Waals surface area contributed by atoms with Crippen LogP contribution >= 0.6 is 0 Å². The maximum absolute atomic E-state index is 13.1. The lowest BCUT2D eigenvalue weighted by Gasteiger charge is -2.06. The van der Waals surface area contributed by atoms with Crippen LogP contribution in [0.3, 0.4) is 0 Å². The highest BCUT2D eigenvalue weighted by molar-refractivity contribution is 5.72. The van der Waals surface area contributed by atoms with Crippen LogP contribution in [0.4, 0.5) is 8.78 Å². The van der Waals surface area contributed by atoms with Gasteiger partial charge in [-0.3, -0.25) is 9.59 Å². The van der Waals surface area contributed by atoms with Crippen molar-refractivity contribution in [1.82, 2.24) is 0 Å². The number of ether oxygens (including phenoxy) is 2. The van der Waals surface area contributed by atoms with E-state index in [0.717, 1.165) is 63.1 Å². The summed E-state index contributed by atoms with van der Waals surface area (Å²) in [6.45, 7) is 2.72. The standard InChI is InChI=1S/C24H36F2O4/c1-2-3-4-5-10-13-16-29-23(27)14-11-8-6-7-9-12-15-24(28)30-22-18-20(25)17-21(26)19-22/h17-19H,2-16H2,1H3. The van der Waals surface area contributed by atoms with Gasteiger partial charge in [0.05, 0.1) is 6.61 Å². The fourth-order valence-electron chi connectivity index (χ4n) is 3.16. The predicted octanol–water partition coefficient (Wildman–Crippen LogP) is 6.89. The molecule has 0 fully saturated rings. The summed E-state index contributed by atoms with van der Waals surface area (Å²) >= 11 is 0. The number of halogens is 2. The molecule has 0 heterocycles. The van der Waals surface area contributed by atoms with E-state index in [1.165, 1.54) is 25.7 Å². The minimum Gasteiger partial charge on any atom is -0.466 e. The Bertz CT molecular complexity index is 599. The van der Waals surface area contributed by atoms with E-state index < -0.39 is 17.6 Å². The smallest absolute Gasteiger partial charge is 0.311 e. The van der Waals surface area contributed by atoms with Crippen molar-refractivity contribution in [3.8, 4) is 5.75 Å². The zero-order valence-electron chi connectivity index (χ0n) is 18.2. The molecule has 30 heavy (non-hydrogen) atoms. The maximum atomic E-state index is 13.1. The number of unbranched alkanes of at least 4 members (excludes halogenated alkanes) is 10. The minimum absolute atomic E-state index is 0.110. The van der Waals surface area contributed by atoms with Gasteiger partial charge in [0.15, 0.2) is 0 Å². The third-order valence-electron chi connectivity index (χ3n) is 4.84. The summed E-state index contributed by atoms with van der Waals surface area (Å²) in [5, 5.41) is 0. The van der Waals surface area contributed by atoms with E-state index in [4.69, 9.17) is 9.47 Å². The first-order valence-corrected chi connectivity index (χ1v) is 11.3. The Morgan fingerprint density at radius 3 is 1.80 bits per heavy atom. The van der Waals surface area contributed by atoms with Gasteiger partial charge in [0.2, 0.25) is 0 Å². The van der Waals surface area contributed by atoms with E-state index in [1.807, 2.05) is 0 Å². The first-order chi connectivity index (χ1) is 14.5. The average Bonchev–Trinajstić information content (AvgIpc) is 2.68. The Morgan fingerprint density at radius 2 is 1.20 bits per heavy atom. The van der Waals surface area contributed by atoms with Crippen molar-refractivity contribution < 1.29 is 27.8 Å². The molecule has 0 radical (unpaired) electrons. The molecule has 170 valence electrons. The average molecular weight is 427 g/mol. The molecule has 1 aromatic rings. The van der Waals surface area contributed by atoms with Gasteiger partial charge in [0, 0.05) is 31.0 Å². The summed E-state index contributed by atoms with van der Waals surface area (Å²) < 4.78 is 36.3. The highest BCUT2D eigenvalue weighted by Crippen LogP contribution is 2.17. The highest BCUT2D eigenvalue weighted by atomic mass is 19.1. The lowest BCUT2D eigenvalue weighted by molar-refractivity contribution is -0.144. The van der Waals surface area contributed by atoms with Crippen LogP contribution in [0.5, 0.6) is 5.75 Å². The molecule has 0 unspecified atom stereocenters. The van der Waals surface area contributed by atoms with Crippen LogP contribution in [-0.4, -0.2) is 18.5 Å². The Morgan fingerprint density at radius 1 is 0.700 bits per heavy atom. The summed E-state index contributed by atoms with van der Waals surface area (Å²) in [4.78, 5) is 23.4. The van der Waals surface area contributed by atoms with Gasteiger partial charge in [-0.15, -0.1) is 0 Å². The molecule has 1 aromatic carbocycles. The molecule has 1 rings (SSSR count). The molecule has 0 saturated carbocycles. The second-order valence-electron chi connectivity index (χ2n) is 7.69. The summed E-state index contributed by atoms with van der Waals surface area (Å²) in [6.07, 6.45) is 13.0.